The summed E-state index contributed by atoms with van der Waals surface area (Å²) in [5, 5.41) is 9.14. The van der Waals surface area contributed by atoms with Crippen LogP contribution in [0.3, 0.4) is 0 Å². The first-order valence-electron chi connectivity index (χ1n) is 5.44. The topological polar surface area (TPSA) is 98.6 Å². The maximum atomic E-state index is 12.0. The summed E-state index contributed by atoms with van der Waals surface area (Å²) in [6.45, 7) is 1.68. The predicted octanol–water partition coefficient (Wildman–Crippen LogP) is 0.833. The molecule has 0 aliphatic heterocycles. The highest BCUT2D eigenvalue weighted by Gasteiger charge is 2.38. The molecule has 1 fully saturated rings. The van der Waals surface area contributed by atoms with Crippen LogP contribution in [0.5, 0.6) is 0 Å². The Kier molecular flexibility index (Phi) is 2.93. The van der Waals surface area contributed by atoms with Gasteiger partial charge in [-0.25, -0.2) is 13.4 Å². The molecular weight excluding hydrogens is 240 g/mol. The van der Waals surface area contributed by atoms with Gasteiger partial charge in [0, 0.05) is 0 Å². The van der Waals surface area contributed by atoms with Crippen molar-refractivity contribution in [2.75, 3.05) is 0 Å². The summed E-state index contributed by atoms with van der Waals surface area (Å²) in [7, 11) is -3.68. The minimum atomic E-state index is -3.68. The second kappa shape index (κ2) is 4.13. The monoisotopic (exact) mass is 254 g/mol. The van der Waals surface area contributed by atoms with Crippen molar-refractivity contribution in [1.82, 2.24) is 14.7 Å². The largest absolute Gasteiger partial charge is 0.332 e. The van der Waals surface area contributed by atoms with E-state index in [0.717, 1.165) is 12.8 Å². The van der Waals surface area contributed by atoms with Crippen LogP contribution in [0.1, 0.15) is 31.5 Å². The van der Waals surface area contributed by atoms with Gasteiger partial charge in [0.15, 0.2) is 5.03 Å². The quantitative estimate of drug-likeness (QED) is 0.834. The molecule has 0 bridgehead atoms. The Labute approximate surface area is 100 Å². The zero-order valence-electron chi connectivity index (χ0n) is 9.52. The molecule has 17 heavy (non-hydrogen) atoms. The van der Waals surface area contributed by atoms with Crippen LogP contribution in [0.15, 0.2) is 11.2 Å². The van der Waals surface area contributed by atoms with Crippen LogP contribution >= 0.6 is 0 Å². The van der Waals surface area contributed by atoms with E-state index in [0.29, 0.717) is 18.7 Å². The molecule has 1 aromatic rings. The molecule has 0 radical (unpaired) electrons. The number of nitrogens with zero attached hydrogens (tertiary/aromatic N) is 2. The van der Waals surface area contributed by atoms with Gasteiger partial charge in [-0.2, -0.15) is 9.98 Å². The second-order valence-electron chi connectivity index (χ2n) is 4.34. The van der Waals surface area contributed by atoms with Gasteiger partial charge in [0.25, 0.3) is 10.0 Å². The normalized spacial score (nSPS) is 19.1. The molecule has 0 spiro atoms. The van der Waals surface area contributed by atoms with Crippen LogP contribution in [0.25, 0.3) is 0 Å². The van der Waals surface area contributed by atoms with E-state index in [2.05, 4.69) is 20.8 Å². The molecule has 0 amide bonds. The Morgan fingerprint density at radius 1 is 1.53 bits per heavy atom. The van der Waals surface area contributed by atoms with E-state index in [1.165, 1.54) is 6.20 Å². The van der Waals surface area contributed by atoms with E-state index in [1.807, 2.05) is 0 Å². The minimum absolute atomic E-state index is 0.0107. The number of hydrogen-bond donors (Lipinski definition) is 2. The Bertz CT molecular complexity index is 549. The van der Waals surface area contributed by atoms with Gasteiger partial charge in [-0.15, -0.1) is 0 Å². The molecule has 0 aromatic carbocycles. The molecule has 0 saturated heterocycles. The number of aromatic nitrogens is 2. The first-order chi connectivity index (χ1) is 7.97. The fourth-order valence-corrected chi connectivity index (χ4v) is 3.41. The van der Waals surface area contributed by atoms with Crippen molar-refractivity contribution >= 4 is 10.0 Å². The molecule has 1 aromatic heterocycles. The van der Waals surface area contributed by atoms with E-state index >= 15 is 0 Å². The lowest BCUT2D eigenvalue weighted by molar-refractivity contribution is 0.484. The molecule has 2 rings (SSSR count). The molecule has 1 aliphatic carbocycles. The molecule has 0 unspecified atom stereocenters. The lowest BCUT2D eigenvalue weighted by Gasteiger charge is -2.20. The van der Waals surface area contributed by atoms with Crippen LogP contribution in [0.4, 0.5) is 0 Å². The van der Waals surface area contributed by atoms with Crippen molar-refractivity contribution in [3.05, 3.63) is 12.0 Å². The number of nitrogens with one attached hydrogen (secondary N) is 2. The summed E-state index contributed by atoms with van der Waals surface area (Å²) >= 11 is 0. The van der Waals surface area contributed by atoms with Gasteiger partial charge in [-0.3, -0.25) is 0 Å². The molecule has 1 heterocycles. The van der Waals surface area contributed by atoms with Crippen molar-refractivity contribution in [3.63, 3.8) is 0 Å². The summed E-state index contributed by atoms with van der Waals surface area (Å²) < 4.78 is 26.6. The standard InChI is InChI=1S/C10H14N4O2S/c1-8-12-6-9(13-8)17(15,16)14-10(7-11)4-2-3-5-10/h6,14H,2-5H2,1H3,(H,12,13). The maximum absolute atomic E-state index is 12.0. The summed E-state index contributed by atoms with van der Waals surface area (Å²) in [6, 6.07) is 2.09. The van der Waals surface area contributed by atoms with Gasteiger partial charge in [0.05, 0.1) is 12.3 Å². The van der Waals surface area contributed by atoms with E-state index in [-0.39, 0.29) is 5.03 Å². The first-order valence-corrected chi connectivity index (χ1v) is 6.93. The average Bonchev–Trinajstić information content (AvgIpc) is 2.87. The third-order valence-corrected chi connectivity index (χ3v) is 4.42. The van der Waals surface area contributed by atoms with Crippen LogP contribution in [0, 0.1) is 18.3 Å². The predicted molar refractivity (Wildman–Crippen MR) is 60.5 cm³/mol. The van der Waals surface area contributed by atoms with Gasteiger partial charge in [-0.05, 0) is 19.8 Å². The Morgan fingerprint density at radius 3 is 2.65 bits per heavy atom. The summed E-state index contributed by atoms with van der Waals surface area (Å²) in [4.78, 5) is 6.51. The Morgan fingerprint density at radius 2 is 2.18 bits per heavy atom. The third kappa shape index (κ3) is 2.33. The summed E-state index contributed by atoms with van der Waals surface area (Å²) in [5.41, 5.74) is -0.947. The molecule has 6 nitrogen and oxygen atoms in total. The molecule has 7 heteroatoms. The van der Waals surface area contributed by atoms with Crippen molar-refractivity contribution in [2.24, 2.45) is 0 Å². The average molecular weight is 254 g/mol. The smallest absolute Gasteiger partial charge is 0.258 e. The molecular formula is C10H14N4O2S. The van der Waals surface area contributed by atoms with Gasteiger partial charge >= 0.3 is 0 Å². The van der Waals surface area contributed by atoms with Gasteiger partial charge in [0.1, 0.15) is 11.4 Å². The van der Waals surface area contributed by atoms with Crippen LogP contribution < -0.4 is 4.72 Å². The van der Waals surface area contributed by atoms with E-state index in [9.17, 15) is 8.42 Å². The van der Waals surface area contributed by atoms with E-state index < -0.39 is 15.6 Å². The molecule has 92 valence electrons. The highest BCUT2D eigenvalue weighted by molar-refractivity contribution is 7.89. The van der Waals surface area contributed by atoms with Crippen molar-refractivity contribution in [3.8, 4) is 6.07 Å². The third-order valence-electron chi connectivity index (χ3n) is 2.97. The fraction of sp³-hybridized carbons (Fsp3) is 0.600. The van der Waals surface area contributed by atoms with Crippen molar-refractivity contribution in [1.29, 1.82) is 5.26 Å². The van der Waals surface area contributed by atoms with Crippen LogP contribution in [-0.2, 0) is 10.0 Å². The number of hydrogen-bond acceptors (Lipinski definition) is 4. The zero-order valence-corrected chi connectivity index (χ0v) is 10.3. The molecule has 1 aliphatic rings. The molecule has 0 atom stereocenters. The van der Waals surface area contributed by atoms with Gasteiger partial charge in [-0.1, -0.05) is 12.8 Å². The number of nitriles is 1. The number of rotatable bonds is 3. The zero-order chi connectivity index (χ0) is 12.5. The highest BCUT2D eigenvalue weighted by atomic mass is 32.2. The van der Waals surface area contributed by atoms with Gasteiger partial charge < -0.3 is 4.98 Å². The fourth-order valence-electron chi connectivity index (χ4n) is 2.06. The summed E-state index contributed by atoms with van der Waals surface area (Å²) in [6.07, 6.45) is 4.14. The van der Waals surface area contributed by atoms with Crippen molar-refractivity contribution in [2.45, 2.75) is 43.2 Å². The Balaban J connectivity index is 2.26. The lowest BCUT2D eigenvalue weighted by atomic mass is 10.0. The lowest BCUT2D eigenvalue weighted by Crippen LogP contribution is -2.45. The van der Waals surface area contributed by atoms with E-state index in [1.54, 1.807) is 6.92 Å². The van der Waals surface area contributed by atoms with Crippen LogP contribution in [0.2, 0.25) is 0 Å². The summed E-state index contributed by atoms with van der Waals surface area (Å²) in [5.74, 6) is 0.530. The highest BCUT2D eigenvalue weighted by Crippen LogP contribution is 2.30. The molecule has 2 N–H and O–H groups in total. The van der Waals surface area contributed by atoms with E-state index in [4.69, 9.17) is 5.26 Å². The first kappa shape index (κ1) is 12.1. The Hall–Kier alpha value is -1.39. The number of aromatic amines is 1. The number of H-pyrrole nitrogens is 1. The number of sulfonamides is 1. The SMILES string of the molecule is Cc1ncc(S(=O)(=O)NC2(C#N)CCCC2)[nH]1. The number of aryl methyl sites for hydroxylation is 1. The van der Waals surface area contributed by atoms with Crippen molar-refractivity contribution < 1.29 is 8.42 Å². The number of imidazole rings is 1. The minimum Gasteiger partial charge on any atom is -0.332 e. The maximum Gasteiger partial charge on any atom is 0.258 e. The second-order valence-corrected chi connectivity index (χ2v) is 5.99. The van der Waals surface area contributed by atoms with Crippen LogP contribution in [-0.4, -0.2) is 23.9 Å². The molecule has 1 saturated carbocycles. The van der Waals surface area contributed by atoms with Gasteiger partial charge in [0.2, 0.25) is 0 Å².